The minimum Gasteiger partial charge on any atom is -0.459 e. The van der Waals surface area contributed by atoms with Gasteiger partial charge in [0.05, 0.1) is 6.10 Å². The highest BCUT2D eigenvalue weighted by atomic mass is 32.1. The number of carbonyl (C=O) groups excluding carboxylic acids is 2. The van der Waals surface area contributed by atoms with E-state index in [2.05, 4.69) is 38.1 Å². The number of carbonyl (C=O) groups is 2. The van der Waals surface area contributed by atoms with Gasteiger partial charge in [-0.25, -0.2) is 4.79 Å². The Hall–Kier alpha value is -2.18. The molecule has 5 nitrogen and oxygen atoms in total. The Balaban J connectivity index is 1.54. The van der Waals surface area contributed by atoms with Crippen molar-refractivity contribution in [2.45, 2.75) is 90.9 Å². The van der Waals surface area contributed by atoms with Gasteiger partial charge in [-0.15, -0.1) is 11.3 Å². The average molecular weight is 472 g/mol. The Morgan fingerprint density at radius 3 is 2.58 bits per heavy atom. The van der Waals surface area contributed by atoms with Crippen LogP contribution in [0.4, 0.5) is 5.69 Å². The van der Waals surface area contributed by atoms with Crippen LogP contribution in [0, 0.1) is 0 Å². The van der Waals surface area contributed by atoms with E-state index in [1.807, 2.05) is 26.0 Å². The van der Waals surface area contributed by atoms with Crippen molar-refractivity contribution >= 4 is 28.9 Å². The summed E-state index contributed by atoms with van der Waals surface area (Å²) >= 11 is 1.48. The molecule has 3 rings (SSSR count). The summed E-state index contributed by atoms with van der Waals surface area (Å²) in [6, 6.07) is 12.2. The van der Waals surface area contributed by atoms with Gasteiger partial charge in [0.1, 0.15) is 17.7 Å². The van der Waals surface area contributed by atoms with Gasteiger partial charge in [0, 0.05) is 10.6 Å². The largest absolute Gasteiger partial charge is 0.459 e. The number of amides is 1. The number of esters is 1. The highest BCUT2D eigenvalue weighted by molar-refractivity contribution is 7.13. The molecule has 1 aromatic carbocycles. The monoisotopic (exact) mass is 471 g/mol. The van der Waals surface area contributed by atoms with Gasteiger partial charge < -0.3 is 9.47 Å². The maximum absolute atomic E-state index is 12.5. The Morgan fingerprint density at radius 1 is 1.12 bits per heavy atom. The van der Waals surface area contributed by atoms with Crippen LogP contribution < -0.4 is 4.90 Å². The molecule has 1 saturated heterocycles. The predicted molar refractivity (Wildman–Crippen MR) is 134 cm³/mol. The first-order valence-electron chi connectivity index (χ1n) is 12.2. The summed E-state index contributed by atoms with van der Waals surface area (Å²) < 4.78 is 11.1. The summed E-state index contributed by atoms with van der Waals surface area (Å²) in [6.07, 6.45) is 7.08. The summed E-state index contributed by atoms with van der Waals surface area (Å²) in [7, 11) is 0. The zero-order valence-electron chi connectivity index (χ0n) is 20.3. The lowest BCUT2D eigenvalue weighted by atomic mass is 9.95. The summed E-state index contributed by atoms with van der Waals surface area (Å²) in [5.41, 5.74) is 2.23. The van der Waals surface area contributed by atoms with E-state index in [-0.39, 0.29) is 30.8 Å². The molecule has 0 bridgehead atoms. The number of unbranched alkanes of at least 4 members (excludes halogenated alkanes) is 2. The van der Waals surface area contributed by atoms with E-state index in [1.165, 1.54) is 42.6 Å². The number of nitrogens with zero attached hydrogens (tertiary/aromatic N) is 1. The van der Waals surface area contributed by atoms with Crippen molar-refractivity contribution < 1.29 is 19.1 Å². The number of anilines is 1. The third kappa shape index (κ3) is 7.15. The van der Waals surface area contributed by atoms with Crippen molar-refractivity contribution in [3.05, 3.63) is 51.7 Å². The molecule has 1 aliphatic heterocycles. The van der Waals surface area contributed by atoms with Crippen LogP contribution in [0.5, 0.6) is 0 Å². The number of thiophene rings is 1. The van der Waals surface area contributed by atoms with Crippen LogP contribution in [0.25, 0.3) is 0 Å². The molecular weight excluding hydrogens is 434 g/mol. The first-order chi connectivity index (χ1) is 15.9. The molecule has 2 atom stereocenters. The summed E-state index contributed by atoms with van der Waals surface area (Å²) in [4.78, 5) is 28.1. The van der Waals surface area contributed by atoms with Gasteiger partial charge in [-0.05, 0) is 75.3 Å². The molecule has 2 heterocycles. The lowest BCUT2D eigenvalue weighted by Crippen LogP contribution is -2.33. The Kier molecular flexibility index (Phi) is 9.51. The minimum absolute atomic E-state index is 0.0126. The topological polar surface area (TPSA) is 55.8 Å². The van der Waals surface area contributed by atoms with E-state index < -0.39 is 0 Å². The van der Waals surface area contributed by atoms with Crippen LogP contribution in [-0.2, 0) is 20.7 Å². The molecule has 1 aromatic heterocycles. The highest BCUT2D eigenvalue weighted by Gasteiger charge is 2.32. The molecule has 0 saturated carbocycles. The molecule has 0 spiro atoms. The van der Waals surface area contributed by atoms with Crippen LogP contribution in [0.15, 0.2) is 36.4 Å². The van der Waals surface area contributed by atoms with E-state index in [4.69, 9.17) is 9.47 Å². The van der Waals surface area contributed by atoms with Gasteiger partial charge in [-0.3, -0.25) is 9.69 Å². The molecular formula is C27H37NO4S. The summed E-state index contributed by atoms with van der Waals surface area (Å²) in [6.45, 7) is 8.33. The lowest BCUT2D eigenvalue weighted by Gasteiger charge is -2.24. The Morgan fingerprint density at radius 2 is 1.88 bits per heavy atom. The standard InChI is InChI=1S/C27H37NO4S/c1-5-6-7-9-20(4)21-12-14-22(15-13-21)28-25(29)18-31-26(28)11-8-10-23-16-17-24(33-23)27(30)32-19(2)3/h12-17,19-20,26H,5-11,18H2,1-4H3/t20-,26?/m0/s1. The fraction of sp³-hybridized carbons (Fsp3) is 0.556. The number of benzene rings is 1. The molecule has 33 heavy (non-hydrogen) atoms. The first-order valence-corrected chi connectivity index (χ1v) is 13.0. The maximum atomic E-state index is 12.5. The van der Waals surface area contributed by atoms with Gasteiger partial charge in [0.15, 0.2) is 0 Å². The van der Waals surface area contributed by atoms with E-state index in [0.29, 0.717) is 10.8 Å². The fourth-order valence-electron chi connectivity index (χ4n) is 4.17. The van der Waals surface area contributed by atoms with Crippen molar-refractivity contribution in [1.29, 1.82) is 0 Å². The molecule has 0 radical (unpaired) electrons. The molecule has 1 aliphatic rings. The van der Waals surface area contributed by atoms with Gasteiger partial charge in [0.2, 0.25) is 0 Å². The molecule has 0 N–H and O–H groups in total. The number of aryl methyl sites for hydroxylation is 1. The van der Waals surface area contributed by atoms with Gasteiger partial charge in [-0.1, -0.05) is 45.2 Å². The van der Waals surface area contributed by atoms with Crippen molar-refractivity contribution in [2.24, 2.45) is 0 Å². The van der Waals surface area contributed by atoms with Crippen LogP contribution in [0.1, 0.15) is 92.3 Å². The van der Waals surface area contributed by atoms with Crippen molar-refractivity contribution in [3.8, 4) is 0 Å². The van der Waals surface area contributed by atoms with Gasteiger partial charge in [-0.2, -0.15) is 0 Å². The Labute approximate surface area is 202 Å². The number of rotatable bonds is 12. The number of ether oxygens (including phenoxy) is 2. The zero-order chi connectivity index (χ0) is 23.8. The van der Waals surface area contributed by atoms with E-state index in [0.717, 1.165) is 29.8 Å². The molecule has 1 unspecified atom stereocenters. The van der Waals surface area contributed by atoms with E-state index in [9.17, 15) is 9.59 Å². The second kappa shape index (κ2) is 12.3. The normalized spacial score (nSPS) is 17.1. The van der Waals surface area contributed by atoms with Crippen LogP contribution in [-0.4, -0.2) is 30.8 Å². The van der Waals surface area contributed by atoms with E-state index in [1.54, 1.807) is 4.90 Å². The lowest BCUT2D eigenvalue weighted by molar-refractivity contribution is -0.117. The fourth-order valence-corrected chi connectivity index (χ4v) is 5.10. The van der Waals surface area contributed by atoms with Crippen LogP contribution >= 0.6 is 11.3 Å². The number of hydrogen-bond donors (Lipinski definition) is 0. The van der Waals surface area contributed by atoms with Crippen molar-refractivity contribution in [1.82, 2.24) is 0 Å². The zero-order valence-corrected chi connectivity index (χ0v) is 21.2. The van der Waals surface area contributed by atoms with Crippen LogP contribution in [0.3, 0.4) is 0 Å². The summed E-state index contributed by atoms with van der Waals surface area (Å²) in [5, 5.41) is 0. The molecule has 1 fully saturated rings. The average Bonchev–Trinajstić information content (AvgIpc) is 3.40. The third-order valence-electron chi connectivity index (χ3n) is 6.02. The molecule has 1 amide bonds. The Bertz CT molecular complexity index is 905. The molecule has 2 aromatic rings. The van der Waals surface area contributed by atoms with E-state index >= 15 is 0 Å². The maximum Gasteiger partial charge on any atom is 0.348 e. The second-order valence-corrected chi connectivity index (χ2v) is 10.3. The van der Waals surface area contributed by atoms with Crippen molar-refractivity contribution in [2.75, 3.05) is 11.5 Å². The van der Waals surface area contributed by atoms with Crippen molar-refractivity contribution in [3.63, 3.8) is 0 Å². The van der Waals surface area contributed by atoms with Gasteiger partial charge >= 0.3 is 5.97 Å². The first kappa shape index (κ1) is 25.4. The second-order valence-electron chi connectivity index (χ2n) is 9.13. The minimum atomic E-state index is -0.264. The SMILES string of the molecule is CCCCC[C@H](C)c1ccc(N2C(=O)COC2CCCc2ccc(C(=O)OC(C)C)s2)cc1. The molecule has 180 valence electrons. The van der Waals surface area contributed by atoms with Gasteiger partial charge in [0.25, 0.3) is 5.91 Å². The summed E-state index contributed by atoms with van der Waals surface area (Å²) in [5.74, 6) is 0.277. The van der Waals surface area contributed by atoms with Crippen LogP contribution in [0.2, 0.25) is 0 Å². The molecule has 6 heteroatoms. The predicted octanol–water partition coefficient (Wildman–Crippen LogP) is 6.71. The highest BCUT2D eigenvalue weighted by Crippen LogP contribution is 2.29. The quantitative estimate of drug-likeness (QED) is 0.255. The third-order valence-corrected chi connectivity index (χ3v) is 7.14. The molecule has 0 aliphatic carbocycles. The smallest absolute Gasteiger partial charge is 0.348 e. The number of hydrogen-bond acceptors (Lipinski definition) is 5.